The molecule has 0 aliphatic rings. The average molecular weight is 274 g/mol. The average Bonchev–Trinajstić information content (AvgIpc) is 2.80. The number of rotatable bonds is 9. The van der Waals surface area contributed by atoms with Gasteiger partial charge in [-0.05, 0) is 12.1 Å². The van der Waals surface area contributed by atoms with Gasteiger partial charge in [0.15, 0.2) is 9.84 Å². The first kappa shape index (κ1) is 15.2. The third-order valence-corrected chi connectivity index (χ3v) is 4.48. The van der Waals surface area contributed by atoms with Crippen LogP contribution in [0.25, 0.3) is 0 Å². The van der Waals surface area contributed by atoms with Gasteiger partial charge in [0.05, 0.1) is 12.4 Å². The SMILES string of the molecule is CCS(=O)(=O)CCn1cccc1CNCCOC. The molecule has 0 radical (unpaired) electrons. The minimum absolute atomic E-state index is 0.198. The predicted octanol–water partition coefficient (Wildman–Crippen LogP) is 0.659. The molecule has 0 atom stereocenters. The number of methoxy groups -OCH3 is 1. The summed E-state index contributed by atoms with van der Waals surface area (Å²) >= 11 is 0. The van der Waals surface area contributed by atoms with E-state index >= 15 is 0 Å². The van der Waals surface area contributed by atoms with Gasteiger partial charge in [-0.3, -0.25) is 0 Å². The van der Waals surface area contributed by atoms with Gasteiger partial charge in [0.1, 0.15) is 0 Å². The summed E-state index contributed by atoms with van der Waals surface area (Å²) < 4.78 is 29.8. The summed E-state index contributed by atoms with van der Waals surface area (Å²) in [6.07, 6.45) is 1.92. The maximum Gasteiger partial charge on any atom is 0.151 e. The Bertz CT molecular complexity index is 440. The van der Waals surface area contributed by atoms with Gasteiger partial charge in [0, 0.05) is 44.4 Å². The quantitative estimate of drug-likeness (QED) is 0.672. The van der Waals surface area contributed by atoms with E-state index in [1.54, 1.807) is 14.0 Å². The number of aromatic nitrogens is 1. The molecule has 0 unspecified atom stereocenters. The minimum Gasteiger partial charge on any atom is -0.383 e. The Kier molecular flexibility index (Phi) is 6.38. The maximum atomic E-state index is 11.5. The number of aryl methyl sites for hydroxylation is 1. The van der Waals surface area contributed by atoms with Crippen LogP contribution in [0.2, 0.25) is 0 Å². The molecule has 0 amide bonds. The molecule has 0 bridgehead atoms. The zero-order chi connectivity index (χ0) is 13.4. The molecule has 0 aliphatic heterocycles. The highest BCUT2D eigenvalue weighted by atomic mass is 32.2. The standard InChI is InChI=1S/C12H22N2O3S/c1-3-18(15,16)10-8-14-7-4-5-12(14)11-13-6-9-17-2/h4-5,7,13H,3,6,8-11H2,1-2H3. The lowest BCUT2D eigenvalue weighted by Gasteiger charge is -2.10. The summed E-state index contributed by atoms with van der Waals surface area (Å²) in [6.45, 7) is 4.38. The van der Waals surface area contributed by atoms with Crippen LogP contribution < -0.4 is 5.32 Å². The van der Waals surface area contributed by atoms with E-state index in [-0.39, 0.29) is 11.5 Å². The molecule has 18 heavy (non-hydrogen) atoms. The third-order valence-electron chi connectivity index (χ3n) is 2.80. The molecule has 0 saturated carbocycles. The number of nitrogens with zero attached hydrogens (tertiary/aromatic N) is 1. The van der Waals surface area contributed by atoms with Gasteiger partial charge in [-0.25, -0.2) is 8.42 Å². The molecule has 0 aromatic carbocycles. The van der Waals surface area contributed by atoms with E-state index in [1.807, 2.05) is 22.9 Å². The second-order valence-electron chi connectivity index (χ2n) is 4.10. The highest BCUT2D eigenvalue weighted by Crippen LogP contribution is 2.03. The van der Waals surface area contributed by atoms with E-state index in [2.05, 4.69) is 5.32 Å². The van der Waals surface area contributed by atoms with Crippen molar-refractivity contribution < 1.29 is 13.2 Å². The van der Waals surface area contributed by atoms with Gasteiger partial charge in [0.25, 0.3) is 0 Å². The monoisotopic (exact) mass is 274 g/mol. The summed E-state index contributed by atoms with van der Waals surface area (Å²) in [5.74, 6) is 0.402. The summed E-state index contributed by atoms with van der Waals surface area (Å²) in [4.78, 5) is 0. The lowest BCUT2D eigenvalue weighted by atomic mass is 10.4. The molecule has 104 valence electrons. The molecule has 1 N–H and O–H groups in total. The fraction of sp³-hybridized carbons (Fsp3) is 0.667. The highest BCUT2D eigenvalue weighted by molar-refractivity contribution is 7.91. The van der Waals surface area contributed by atoms with Crippen molar-refractivity contribution in [2.24, 2.45) is 0 Å². The van der Waals surface area contributed by atoms with Crippen LogP contribution in [-0.4, -0.2) is 44.8 Å². The van der Waals surface area contributed by atoms with E-state index in [4.69, 9.17) is 4.74 Å². The molecule has 0 spiro atoms. The van der Waals surface area contributed by atoms with Crippen molar-refractivity contribution in [3.05, 3.63) is 24.0 Å². The molecule has 0 fully saturated rings. The Balaban J connectivity index is 2.45. The Morgan fingerprint density at radius 2 is 2.22 bits per heavy atom. The molecule has 1 aromatic rings. The number of hydrogen-bond donors (Lipinski definition) is 1. The summed E-state index contributed by atoms with van der Waals surface area (Å²) in [5.41, 5.74) is 1.09. The van der Waals surface area contributed by atoms with E-state index < -0.39 is 9.84 Å². The molecule has 1 rings (SSSR count). The Labute approximate surface area is 109 Å². The molecular weight excluding hydrogens is 252 g/mol. The van der Waals surface area contributed by atoms with Crippen LogP contribution in [0.4, 0.5) is 0 Å². The zero-order valence-corrected chi connectivity index (χ0v) is 11.9. The van der Waals surface area contributed by atoms with Crippen LogP contribution in [0.5, 0.6) is 0 Å². The summed E-state index contributed by atoms with van der Waals surface area (Å²) in [7, 11) is -1.24. The van der Waals surface area contributed by atoms with Crippen LogP contribution in [0.15, 0.2) is 18.3 Å². The Morgan fingerprint density at radius 3 is 2.89 bits per heavy atom. The van der Waals surface area contributed by atoms with Gasteiger partial charge in [0.2, 0.25) is 0 Å². The van der Waals surface area contributed by atoms with Gasteiger partial charge in [-0.2, -0.15) is 0 Å². The summed E-state index contributed by atoms with van der Waals surface area (Å²) in [5, 5.41) is 3.24. The first-order chi connectivity index (χ1) is 8.59. The van der Waals surface area contributed by atoms with Crippen LogP contribution in [0.3, 0.4) is 0 Å². The van der Waals surface area contributed by atoms with Crippen molar-refractivity contribution in [2.75, 3.05) is 31.8 Å². The Morgan fingerprint density at radius 1 is 1.44 bits per heavy atom. The van der Waals surface area contributed by atoms with Gasteiger partial charge in [-0.1, -0.05) is 6.92 Å². The number of hydrogen-bond acceptors (Lipinski definition) is 4. The fourth-order valence-corrected chi connectivity index (χ4v) is 2.36. The highest BCUT2D eigenvalue weighted by Gasteiger charge is 2.08. The van der Waals surface area contributed by atoms with Crippen molar-refractivity contribution in [1.82, 2.24) is 9.88 Å². The first-order valence-corrected chi connectivity index (χ1v) is 7.95. The maximum absolute atomic E-state index is 11.5. The van der Waals surface area contributed by atoms with Gasteiger partial charge < -0.3 is 14.6 Å². The number of sulfone groups is 1. The van der Waals surface area contributed by atoms with Crippen LogP contribution in [-0.2, 0) is 27.7 Å². The number of ether oxygens (including phenoxy) is 1. The smallest absolute Gasteiger partial charge is 0.151 e. The molecule has 1 aromatic heterocycles. The van der Waals surface area contributed by atoms with Crippen LogP contribution in [0.1, 0.15) is 12.6 Å². The van der Waals surface area contributed by atoms with E-state index in [1.165, 1.54) is 0 Å². The molecule has 6 heteroatoms. The zero-order valence-electron chi connectivity index (χ0n) is 11.1. The molecule has 5 nitrogen and oxygen atoms in total. The van der Waals surface area contributed by atoms with Gasteiger partial charge >= 0.3 is 0 Å². The second-order valence-corrected chi connectivity index (χ2v) is 6.57. The molecular formula is C12H22N2O3S. The van der Waals surface area contributed by atoms with E-state index in [9.17, 15) is 8.42 Å². The fourth-order valence-electron chi connectivity index (χ4n) is 1.60. The third kappa shape index (κ3) is 5.20. The van der Waals surface area contributed by atoms with Crippen molar-refractivity contribution in [1.29, 1.82) is 0 Å². The van der Waals surface area contributed by atoms with Crippen molar-refractivity contribution in [3.63, 3.8) is 0 Å². The van der Waals surface area contributed by atoms with E-state index in [0.717, 1.165) is 18.8 Å². The topological polar surface area (TPSA) is 60.3 Å². The predicted molar refractivity (Wildman–Crippen MR) is 72.3 cm³/mol. The van der Waals surface area contributed by atoms with E-state index in [0.29, 0.717) is 13.2 Å². The normalized spacial score (nSPS) is 11.9. The van der Waals surface area contributed by atoms with Crippen LogP contribution in [0, 0.1) is 0 Å². The first-order valence-electron chi connectivity index (χ1n) is 6.13. The number of nitrogens with one attached hydrogen (secondary N) is 1. The summed E-state index contributed by atoms with van der Waals surface area (Å²) in [6, 6.07) is 3.93. The van der Waals surface area contributed by atoms with Crippen molar-refractivity contribution >= 4 is 9.84 Å². The Hall–Kier alpha value is -0.850. The minimum atomic E-state index is -2.90. The molecule has 0 saturated heterocycles. The van der Waals surface area contributed by atoms with Gasteiger partial charge in [-0.15, -0.1) is 0 Å². The van der Waals surface area contributed by atoms with Crippen LogP contribution >= 0.6 is 0 Å². The van der Waals surface area contributed by atoms with Crippen molar-refractivity contribution in [3.8, 4) is 0 Å². The van der Waals surface area contributed by atoms with Crippen molar-refractivity contribution in [2.45, 2.75) is 20.0 Å². The molecule has 1 heterocycles. The second kappa shape index (κ2) is 7.56. The lowest BCUT2D eigenvalue weighted by Crippen LogP contribution is -2.22. The lowest BCUT2D eigenvalue weighted by molar-refractivity contribution is 0.199. The largest absolute Gasteiger partial charge is 0.383 e. The molecule has 0 aliphatic carbocycles.